The molecule has 2 amide bonds. The zero-order chi connectivity index (χ0) is 15.4. The lowest BCUT2D eigenvalue weighted by molar-refractivity contribution is 0.0697. The molecule has 2 N–H and O–H groups in total. The van der Waals surface area contributed by atoms with Gasteiger partial charge in [-0.15, -0.1) is 0 Å². The monoisotopic (exact) mass is 294 g/mol. The third-order valence-corrected chi connectivity index (χ3v) is 3.82. The van der Waals surface area contributed by atoms with E-state index in [4.69, 9.17) is 5.11 Å². The number of hydrogen-bond acceptors (Lipinski definition) is 2. The third kappa shape index (κ3) is 3.51. The summed E-state index contributed by atoms with van der Waals surface area (Å²) < 4.78 is 13.7. The van der Waals surface area contributed by atoms with Gasteiger partial charge in [-0.25, -0.2) is 14.0 Å². The van der Waals surface area contributed by atoms with Gasteiger partial charge in [0.15, 0.2) is 0 Å². The quantitative estimate of drug-likeness (QED) is 0.895. The summed E-state index contributed by atoms with van der Waals surface area (Å²) in [4.78, 5) is 24.8. The topological polar surface area (TPSA) is 69.6 Å². The van der Waals surface area contributed by atoms with Gasteiger partial charge in [0.25, 0.3) is 0 Å². The summed E-state index contributed by atoms with van der Waals surface area (Å²) >= 11 is 0. The van der Waals surface area contributed by atoms with Gasteiger partial charge in [0.1, 0.15) is 5.82 Å². The first-order chi connectivity index (χ1) is 10.0. The van der Waals surface area contributed by atoms with Crippen LogP contribution >= 0.6 is 0 Å². The highest BCUT2D eigenvalue weighted by molar-refractivity contribution is 5.93. The van der Waals surface area contributed by atoms with Crippen LogP contribution in [0, 0.1) is 5.82 Å². The van der Waals surface area contributed by atoms with Crippen molar-refractivity contribution in [3.8, 4) is 0 Å². The Morgan fingerprint density at radius 3 is 2.62 bits per heavy atom. The number of benzene rings is 1. The van der Waals surface area contributed by atoms with Crippen LogP contribution in [0.1, 0.15) is 43.0 Å². The lowest BCUT2D eigenvalue weighted by atomic mass is 10.2. The second kappa shape index (κ2) is 6.56. The zero-order valence-electron chi connectivity index (χ0n) is 11.9. The van der Waals surface area contributed by atoms with Crippen LogP contribution in [-0.4, -0.2) is 34.6 Å². The van der Waals surface area contributed by atoms with Crippen LogP contribution in [0.25, 0.3) is 0 Å². The number of carboxylic acids is 1. The largest absolute Gasteiger partial charge is 0.478 e. The van der Waals surface area contributed by atoms with E-state index >= 15 is 0 Å². The van der Waals surface area contributed by atoms with Gasteiger partial charge in [-0.1, -0.05) is 12.8 Å². The maximum absolute atomic E-state index is 13.7. The van der Waals surface area contributed by atoms with E-state index in [1.807, 2.05) is 6.92 Å². The number of urea groups is 1. The molecule has 114 valence electrons. The minimum atomic E-state index is -1.16. The highest BCUT2D eigenvalue weighted by Crippen LogP contribution is 2.24. The van der Waals surface area contributed by atoms with E-state index in [9.17, 15) is 14.0 Å². The average molecular weight is 294 g/mol. The molecule has 1 saturated carbocycles. The Morgan fingerprint density at radius 2 is 2.05 bits per heavy atom. The van der Waals surface area contributed by atoms with Crippen molar-refractivity contribution in [2.24, 2.45) is 0 Å². The van der Waals surface area contributed by atoms with E-state index in [0.717, 1.165) is 37.8 Å². The van der Waals surface area contributed by atoms with Crippen molar-refractivity contribution in [1.29, 1.82) is 0 Å². The van der Waals surface area contributed by atoms with Gasteiger partial charge in [-0.05, 0) is 38.0 Å². The summed E-state index contributed by atoms with van der Waals surface area (Å²) in [6.45, 7) is 2.42. The fraction of sp³-hybridized carbons (Fsp3) is 0.467. The lowest BCUT2D eigenvalue weighted by Crippen LogP contribution is -2.41. The molecule has 0 spiro atoms. The Morgan fingerprint density at radius 1 is 1.38 bits per heavy atom. The SMILES string of the molecule is CCN(C(=O)Nc1cc(C(=O)O)ccc1F)C1CCCC1. The molecule has 21 heavy (non-hydrogen) atoms. The Bertz CT molecular complexity index is 542. The molecule has 0 unspecified atom stereocenters. The molecule has 2 rings (SSSR count). The predicted molar refractivity (Wildman–Crippen MR) is 77.0 cm³/mol. The second-order valence-corrected chi connectivity index (χ2v) is 5.15. The third-order valence-electron chi connectivity index (χ3n) is 3.82. The van der Waals surface area contributed by atoms with Gasteiger partial charge in [0.05, 0.1) is 11.3 Å². The number of anilines is 1. The van der Waals surface area contributed by atoms with E-state index in [0.29, 0.717) is 6.54 Å². The van der Waals surface area contributed by atoms with Crippen molar-refractivity contribution in [1.82, 2.24) is 4.90 Å². The van der Waals surface area contributed by atoms with Crippen molar-refractivity contribution >= 4 is 17.7 Å². The number of rotatable bonds is 4. The van der Waals surface area contributed by atoms with Crippen LogP contribution in [0.4, 0.5) is 14.9 Å². The predicted octanol–water partition coefficient (Wildman–Crippen LogP) is 3.32. The molecule has 1 aliphatic carbocycles. The van der Waals surface area contributed by atoms with E-state index < -0.39 is 11.8 Å². The molecule has 1 aromatic carbocycles. The molecule has 1 aliphatic rings. The minimum absolute atomic E-state index is 0.0596. The second-order valence-electron chi connectivity index (χ2n) is 5.15. The highest BCUT2D eigenvalue weighted by atomic mass is 19.1. The molecular weight excluding hydrogens is 275 g/mol. The number of hydrogen-bond donors (Lipinski definition) is 2. The molecule has 1 fully saturated rings. The van der Waals surface area contributed by atoms with E-state index in [2.05, 4.69) is 5.32 Å². The number of halogens is 1. The first-order valence-electron chi connectivity index (χ1n) is 7.13. The van der Waals surface area contributed by atoms with Crippen LogP contribution in [0.2, 0.25) is 0 Å². The number of carbonyl (C=O) groups is 2. The molecule has 0 bridgehead atoms. The van der Waals surface area contributed by atoms with Crippen LogP contribution in [0.3, 0.4) is 0 Å². The number of nitrogens with zero attached hydrogens (tertiary/aromatic N) is 1. The molecule has 0 aliphatic heterocycles. The fourth-order valence-corrected chi connectivity index (χ4v) is 2.72. The molecule has 0 heterocycles. The average Bonchev–Trinajstić information content (AvgIpc) is 2.95. The van der Waals surface area contributed by atoms with Gasteiger partial charge in [-0.3, -0.25) is 0 Å². The van der Waals surface area contributed by atoms with E-state index in [1.165, 1.54) is 6.07 Å². The maximum atomic E-state index is 13.7. The number of amides is 2. The lowest BCUT2D eigenvalue weighted by Gasteiger charge is -2.27. The van der Waals surface area contributed by atoms with Crippen molar-refractivity contribution in [3.05, 3.63) is 29.6 Å². The molecule has 0 aromatic heterocycles. The molecule has 0 saturated heterocycles. The number of carboxylic acid groups (broad SMARTS) is 1. The maximum Gasteiger partial charge on any atom is 0.335 e. The standard InChI is InChI=1S/C15H19FN2O3/c1-2-18(11-5-3-4-6-11)15(21)17-13-9-10(14(19)20)7-8-12(13)16/h7-9,11H,2-6H2,1H3,(H,17,21)(H,19,20). The Kier molecular flexibility index (Phi) is 4.77. The molecule has 0 atom stereocenters. The van der Waals surface area contributed by atoms with Crippen molar-refractivity contribution < 1.29 is 19.1 Å². The number of carbonyl (C=O) groups excluding carboxylic acids is 1. The highest BCUT2D eigenvalue weighted by Gasteiger charge is 2.26. The summed E-state index contributed by atoms with van der Waals surface area (Å²) in [7, 11) is 0. The van der Waals surface area contributed by atoms with Crippen LogP contribution in [0.15, 0.2) is 18.2 Å². The van der Waals surface area contributed by atoms with Crippen LogP contribution < -0.4 is 5.32 Å². The van der Waals surface area contributed by atoms with Gasteiger partial charge in [0.2, 0.25) is 0 Å². The van der Waals surface area contributed by atoms with Gasteiger partial charge < -0.3 is 15.3 Å². The van der Waals surface area contributed by atoms with Gasteiger partial charge in [-0.2, -0.15) is 0 Å². The zero-order valence-corrected chi connectivity index (χ0v) is 11.9. The minimum Gasteiger partial charge on any atom is -0.478 e. The molecule has 1 aromatic rings. The van der Waals surface area contributed by atoms with Crippen LogP contribution in [-0.2, 0) is 0 Å². The summed E-state index contributed by atoms with van der Waals surface area (Å²) in [5.41, 5.74) is -0.160. The Labute approximate surface area is 122 Å². The van der Waals surface area contributed by atoms with Crippen molar-refractivity contribution in [2.75, 3.05) is 11.9 Å². The normalized spacial score (nSPS) is 15.0. The Balaban J connectivity index is 2.14. The fourth-order valence-electron chi connectivity index (χ4n) is 2.72. The number of nitrogens with one attached hydrogen (secondary N) is 1. The summed E-state index contributed by atoms with van der Waals surface area (Å²) in [5, 5.41) is 11.4. The number of aromatic carboxylic acids is 1. The van der Waals surface area contributed by atoms with Gasteiger partial charge in [0, 0.05) is 12.6 Å². The summed E-state index contributed by atoms with van der Waals surface area (Å²) in [6, 6.07) is 3.15. The molecular formula is C15H19FN2O3. The first kappa shape index (κ1) is 15.3. The van der Waals surface area contributed by atoms with Crippen molar-refractivity contribution in [2.45, 2.75) is 38.6 Å². The first-order valence-corrected chi connectivity index (χ1v) is 7.13. The van der Waals surface area contributed by atoms with E-state index in [1.54, 1.807) is 4.90 Å². The molecule has 0 radical (unpaired) electrons. The smallest absolute Gasteiger partial charge is 0.335 e. The molecule has 6 heteroatoms. The molecule has 5 nitrogen and oxygen atoms in total. The van der Waals surface area contributed by atoms with Gasteiger partial charge >= 0.3 is 12.0 Å². The van der Waals surface area contributed by atoms with Crippen molar-refractivity contribution in [3.63, 3.8) is 0 Å². The van der Waals surface area contributed by atoms with Crippen LogP contribution in [0.5, 0.6) is 0 Å². The van der Waals surface area contributed by atoms with E-state index in [-0.39, 0.29) is 23.3 Å². The summed E-state index contributed by atoms with van der Waals surface area (Å²) in [6.07, 6.45) is 4.10. The Hall–Kier alpha value is -2.11. The summed E-state index contributed by atoms with van der Waals surface area (Å²) in [5.74, 6) is -1.80.